The minimum atomic E-state index is -4.44. The van der Waals surface area contributed by atoms with Crippen LogP contribution in [0.4, 0.5) is 35.0 Å². The molecular weight excluding hydrogens is 691 g/mol. The van der Waals surface area contributed by atoms with Crippen molar-refractivity contribution in [2.45, 2.75) is 6.18 Å². The summed E-state index contributed by atoms with van der Waals surface area (Å²) in [5, 5.41) is 13.3. The van der Waals surface area contributed by atoms with E-state index in [-0.39, 0.29) is 5.69 Å². The molecule has 7 rings (SSSR count). The Morgan fingerprint density at radius 2 is 1.23 bits per heavy atom. The highest BCUT2D eigenvalue weighted by molar-refractivity contribution is 5.99. The van der Waals surface area contributed by atoms with Gasteiger partial charge in [-0.25, -0.2) is 14.8 Å². The summed E-state index contributed by atoms with van der Waals surface area (Å²) in [5.74, 6) is 2.84. The molecule has 268 valence electrons. The normalized spacial score (nSPS) is 10.9. The number of nitrogen functional groups attached to an aromatic ring is 1. The van der Waals surface area contributed by atoms with Crippen LogP contribution in [0.1, 0.15) is 5.56 Å². The third kappa shape index (κ3) is 9.91. The molecule has 53 heavy (non-hydrogen) atoms. The number of ether oxygens (including phenoxy) is 2. The minimum Gasteiger partial charge on any atom is -0.439 e. The van der Waals surface area contributed by atoms with Crippen LogP contribution in [0.3, 0.4) is 0 Å². The maximum atomic E-state index is 12.6. The van der Waals surface area contributed by atoms with Crippen molar-refractivity contribution in [1.82, 2.24) is 39.5 Å². The molecule has 0 spiro atoms. The number of alkyl halides is 3. The number of halogens is 3. The van der Waals surface area contributed by atoms with Crippen molar-refractivity contribution in [3.05, 3.63) is 128 Å². The zero-order chi connectivity index (χ0) is 37.4. The zero-order valence-electron chi connectivity index (χ0n) is 28.1. The topological polar surface area (TPSA) is 173 Å². The van der Waals surface area contributed by atoms with Gasteiger partial charge in [0.15, 0.2) is 11.6 Å². The smallest absolute Gasteiger partial charge is 0.416 e. The van der Waals surface area contributed by atoms with E-state index >= 15 is 0 Å². The molecule has 4 N–H and O–H groups in total. The molecule has 17 heteroatoms. The van der Waals surface area contributed by atoms with Crippen LogP contribution in [0, 0.1) is 0 Å². The quantitative estimate of drug-likeness (QED) is 0.133. The summed E-state index contributed by atoms with van der Waals surface area (Å²) in [6, 6.07) is 20.6. The largest absolute Gasteiger partial charge is 0.439 e. The fourth-order valence-corrected chi connectivity index (χ4v) is 4.64. The zero-order valence-corrected chi connectivity index (χ0v) is 28.1. The van der Waals surface area contributed by atoms with Gasteiger partial charge in [0.25, 0.3) is 0 Å². The average molecular weight is 722 g/mol. The Morgan fingerprint density at radius 3 is 1.74 bits per heavy atom. The Morgan fingerprint density at radius 1 is 0.698 bits per heavy atom. The van der Waals surface area contributed by atoms with Gasteiger partial charge in [0.1, 0.15) is 11.5 Å². The van der Waals surface area contributed by atoms with Crippen LogP contribution in [-0.4, -0.2) is 45.5 Å². The van der Waals surface area contributed by atoms with Gasteiger partial charge in [-0.3, -0.25) is 9.36 Å². The second-order valence-corrected chi connectivity index (χ2v) is 11.2. The standard InChI is InChI=1S/C22H17F3N6O2.C14H13N5O/c1-31-13-14(12-27-31)20-26-10-9-19(30-20)33-18-4-2-3-17(11-18)29-21(32)28-16-7-5-15(6-8-16)22(23,24)25;1-19-9-10(8-17-19)14-16-6-5-13(18-14)20-12-4-2-3-11(15)7-12/h2-13H,1H3,(H2,28,29,32);2-9H,15H2,1H3. The third-order valence-electron chi connectivity index (χ3n) is 7.05. The molecule has 0 saturated heterocycles. The molecule has 2 amide bonds. The monoisotopic (exact) mass is 721 g/mol. The summed E-state index contributed by atoms with van der Waals surface area (Å²) in [4.78, 5) is 29.4. The molecule has 0 radical (unpaired) electrons. The first-order valence-corrected chi connectivity index (χ1v) is 15.7. The van der Waals surface area contributed by atoms with Gasteiger partial charge in [0.05, 0.1) is 29.1 Å². The van der Waals surface area contributed by atoms with Crippen molar-refractivity contribution in [3.63, 3.8) is 0 Å². The predicted octanol–water partition coefficient (Wildman–Crippen LogP) is 7.58. The van der Waals surface area contributed by atoms with Gasteiger partial charge >= 0.3 is 12.2 Å². The van der Waals surface area contributed by atoms with Gasteiger partial charge in [-0.15, -0.1) is 0 Å². The van der Waals surface area contributed by atoms with Crippen molar-refractivity contribution in [1.29, 1.82) is 0 Å². The Bertz CT molecular complexity index is 2330. The van der Waals surface area contributed by atoms with Crippen LogP contribution in [0.15, 0.2) is 122 Å². The first-order valence-electron chi connectivity index (χ1n) is 15.7. The highest BCUT2D eigenvalue weighted by Crippen LogP contribution is 2.30. The number of nitrogens with zero attached hydrogens (tertiary/aromatic N) is 8. The number of carbonyl (C=O) groups excluding carboxylic acids is 1. The van der Waals surface area contributed by atoms with Crippen molar-refractivity contribution >= 4 is 23.1 Å². The van der Waals surface area contributed by atoms with E-state index in [9.17, 15) is 18.0 Å². The van der Waals surface area contributed by atoms with Gasteiger partial charge in [-0.1, -0.05) is 12.1 Å². The van der Waals surface area contributed by atoms with E-state index < -0.39 is 17.8 Å². The molecule has 3 aromatic carbocycles. The number of aryl methyl sites for hydroxylation is 2. The molecular formula is C36H30F3N11O3. The van der Waals surface area contributed by atoms with E-state index in [1.54, 1.807) is 95.9 Å². The number of nitrogens with one attached hydrogen (secondary N) is 2. The van der Waals surface area contributed by atoms with Crippen molar-refractivity contribution in [2.75, 3.05) is 16.4 Å². The van der Waals surface area contributed by atoms with Crippen LogP contribution in [0.2, 0.25) is 0 Å². The molecule has 0 fully saturated rings. The molecule has 0 aliphatic heterocycles. The van der Waals surface area contributed by atoms with Crippen LogP contribution < -0.4 is 25.8 Å². The highest BCUT2D eigenvalue weighted by atomic mass is 19.4. The van der Waals surface area contributed by atoms with Crippen LogP contribution in [-0.2, 0) is 20.3 Å². The number of anilines is 3. The van der Waals surface area contributed by atoms with E-state index in [1.165, 1.54) is 12.1 Å². The number of benzene rings is 3. The Labute approximate surface area is 300 Å². The average Bonchev–Trinajstić information content (AvgIpc) is 3.77. The molecule has 7 aromatic rings. The van der Waals surface area contributed by atoms with Gasteiger partial charge in [-0.2, -0.15) is 33.3 Å². The Hall–Kier alpha value is -7.30. The number of urea groups is 1. The summed E-state index contributed by atoms with van der Waals surface area (Å²) in [6.07, 6.45) is 5.74. The Balaban J connectivity index is 0.000000204. The molecule has 0 atom stereocenters. The SMILES string of the molecule is Cn1cc(-c2nccc(Oc3cccc(N)c3)n2)cn1.Cn1cc(-c2nccc(Oc3cccc(NC(=O)Nc4ccc(C(F)(F)F)cc4)c3)n2)cn1. The molecule has 4 heterocycles. The number of hydrogen-bond acceptors (Lipinski definition) is 10. The van der Waals surface area contributed by atoms with Gasteiger partial charge in [0, 0.05) is 80.2 Å². The van der Waals surface area contributed by atoms with E-state index in [0.29, 0.717) is 46.3 Å². The summed E-state index contributed by atoms with van der Waals surface area (Å²) < 4.78 is 52.7. The van der Waals surface area contributed by atoms with E-state index in [0.717, 1.165) is 23.3 Å². The maximum Gasteiger partial charge on any atom is 0.416 e. The number of amides is 2. The van der Waals surface area contributed by atoms with Crippen LogP contribution in [0.25, 0.3) is 22.8 Å². The molecule has 0 aliphatic carbocycles. The van der Waals surface area contributed by atoms with E-state index in [4.69, 9.17) is 15.2 Å². The number of carbonyl (C=O) groups is 1. The maximum absolute atomic E-state index is 12.6. The first kappa shape index (κ1) is 35.5. The third-order valence-corrected chi connectivity index (χ3v) is 7.05. The van der Waals surface area contributed by atoms with Gasteiger partial charge < -0.3 is 25.8 Å². The molecule has 0 saturated carbocycles. The second kappa shape index (κ2) is 15.7. The molecule has 14 nitrogen and oxygen atoms in total. The first-order chi connectivity index (χ1) is 25.5. The molecule has 0 aliphatic rings. The molecule has 0 unspecified atom stereocenters. The summed E-state index contributed by atoms with van der Waals surface area (Å²) >= 11 is 0. The lowest BCUT2D eigenvalue weighted by molar-refractivity contribution is -0.137. The number of nitrogens with two attached hydrogens (primary N) is 1. The fraction of sp³-hybridized carbons (Fsp3) is 0.0833. The number of hydrogen-bond donors (Lipinski definition) is 3. The van der Waals surface area contributed by atoms with Crippen molar-refractivity contribution < 1.29 is 27.4 Å². The molecule has 4 aromatic heterocycles. The van der Waals surface area contributed by atoms with Gasteiger partial charge in [-0.05, 0) is 48.5 Å². The summed E-state index contributed by atoms with van der Waals surface area (Å²) in [6.45, 7) is 0. The Kier molecular flexibility index (Phi) is 10.5. The van der Waals surface area contributed by atoms with Crippen LogP contribution in [0.5, 0.6) is 23.3 Å². The minimum absolute atomic E-state index is 0.219. The highest BCUT2D eigenvalue weighted by Gasteiger charge is 2.30. The number of aromatic nitrogens is 8. The lowest BCUT2D eigenvalue weighted by atomic mass is 10.2. The lowest BCUT2D eigenvalue weighted by Crippen LogP contribution is -2.19. The summed E-state index contributed by atoms with van der Waals surface area (Å²) in [7, 11) is 3.63. The van der Waals surface area contributed by atoms with Crippen molar-refractivity contribution in [2.24, 2.45) is 14.1 Å². The fourth-order valence-electron chi connectivity index (χ4n) is 4.64. The van der Waals surface area contributed by atoms with Crippen molar-refractivity contribution in [3.8, 4) is 46.0 Å². The predicted molar refractivity (Wildman–Crippen MR) is 190 cm³/mol. The lowest BCUT2D eigenvalue weighted by Gasteiger charge is -2.11. The van der Waals surface area contributed by atoms with E-state index in [1.807, 2.05) is 25.4 Å². The second-order valence-electron chi connectivity index (χ2n) is 11.2. The van der Waals surface area contributed by atoms with E-state index in [2.05, 4.69) is 40.8 Å². The molecule has 0 bridgehead atoms. The summed E-state index contributed by atoms with van der Waals surface area (Å²) in [5.41, 5.74) is 7.77. The van der Waals surface area contributed by atoms with Crippen LogP contribution >= 0.6 is 0 Å². The number of rotatable bonds is 8. The van der Waals surface area contributed by atoms with Gasteiger partial charge in [0.2, 0.25) is 11.8 Å².